The van der Waals surface area contributed by atoms with E-state index in [1.165, 1.54) is 39.1 Å². The minimum absolute atomic E-state index is 0. The third-order valence-corrected chi connectivity index (χ3v) is 4.18. The molecule has 0 aromatic heterocycles. The van der Waals surface area contributed by atoms with Crippen LogP contribution < -0.4 is 5.32 Å². The topological polar surface area (TPSA) is 18.5 Å². The Morgan fingerprint density at radius 2 is 1.68 bits per heavy atom. The monoisotopic (exact) mass is 291 g/mol. The van der Waals surface area contributed by atoms with Gasteiger partial charge in [0.05, 0.1) is 0 Å². The Balaban J connectivity index is 0.00000324. The molecule has 0 saturated carbocycles. The molecule has 1 aliphatic heterocycles. The van der Waals surface area contributed by atoms with E-state index in [0.29, 0.717) is 17.5 Å². The highest BCUT2D eigenvalue weighted by molar-refractivity contribution is 5.85. The van der Waals surface area contributed by atoms with E-state index in [0.717, 1.165) is 0 Å². The number of hydrogen-bond donors (Lipinski definition) is 1. The Kier molecular flexibility index (Phi) is 8.53. The number of halogens is 1. The quantitative estimate of drug-likeness (QED) is 0.777. The van der Waals surface area contributed by atoms with Crippen LogP contribution in [0.4, 0.5) is 0 Å². The maximum atomic E-state index is 3.48. The molecule has 1 N–H and O–H groups in total. The van der Waals surface area contributed by atoms with Crippen molar-refractivity contribution in [3.8, 4) is 0 Å². The highest BCUT2D eigenvalue weighted by atomic mass is 35.5. The molecule has 0 aliphatic carbocycles. The SMILES string of the molecule is CC(C)N(CCN(C)CC1(C)CCNC1)C(C)C.Cl. The maximum absolute atomic E-state index is 3.48. The zero-order valence-electron chi connectivity index (χ0n) is 13.7. The van der Waals surface area contributed by atoms with Gasteiger partial charge in [0.25, 0.3) is 0 Å². The molecule has 1 aliphatic rings. The van der Waals surface area contributed by atoms with Gasteiger partial charge in [0, 0.05) is 38.3 Å². The van der Waals surface area contributed by atoms with Crippen LogP contribution in [0.5, 0.6) is 0 Å². The number of hydrogen-bond acceptors (Lipinski definition) is 3. The van der Waals surface area contributed by atoms with Crippen molar-refractivity contribution in [3.05, 3.63) is 0 Å². The lowest BCUT2D eigenvalue weighted by Gasteiger charge is -2.34. The molecule has 1 saturated heterocycles. The van der Waals surface area contributed by atoms with Crippen molar-refractivity contribution in [2.45, 2.75) is 53.1 Å². The summed E-state index contributed by atoms with van der Waals surface area (Å²) < 4.78 is 0. The van der Waals surface area contributed by atoms with Crippen molar-refractivity contribution in [2.24, 2.45) is 5.41 Å². The molecule has 0 spiro atoms. The molecule has 19 heavy (non-hydrogen) atoms. The predicted molar refractivity (Wildman–Crippen MR) is 87.3 cm³/mol. The fraction of sp³-hybridized carbons (Fsp3) is 1.00. The fourth-order valence-corrected chi connectivity index (χ4v) is 3.13. The first-order chi connectivity index (χ1) is 8.34. The molecule has 1 heterocycles. The summed E-state index contributed by atoms with van der Waals surface area (Å²) in [7, 11) is 2.27. The molecule has 1 atom stereocenters. The first-order valence-electron chi connectivity index (χ1n) is 7.49. The van der Waals surface area contributed by atoms with Crippen LogP contribution in [0.25, 0.3) is 0 Å². The average molecular weight is 292 g/mol. The largest absolute Gasteiger partial charge is 0.316 e. The van der Waals surface area contributed by atoms with Gasteiger partial charge in [-0.2, -0.15) is 0 Å². The molecule has 4 heteroatoms. The summed E-state index contributed by atoms with van der Waals surface area (Å²) in [6, 6.07) is 1.28. The Morgan fingerprint density at radius 1 is 1.11 bits per heavy atom. The summed E-state index contributed by atoms with van der Waals surface area (Å²) in [6.45, 7) is 17.5. The Bertz CT molecular complexity index is 230. The lowest BCUT2D eigenvalue weighted by molar-refractivity contribution is 0.135. The van der Waals surface area contributed by atoms with Crippen molar-refractivity contribution in [2.75, 3.05) is 39.8 Å². The van der Waals surface area contributed by atoms with Crippen molar-refractivity contribution in [1.29, 1.82) is 0 Å². The van der Waals surface area contributed by atoms with Crippen LogP contribution in [-0.4, -0.2) is 61.7 Å². The summed E-state index contributed by atoms with van der Waals surface area (Å²) in [5.74, 6) is 0. The summed E-state index contributed by atoms with van der Waals surface area (Å²) in [5.41, 5.74) is 0.481. The Hall–Kier alpha value is 0.170. The predicted octanol–water partition coefficient (Wildman–Crippen LogP) is 2.46. The molecular weight excluding hydrogens is 258 g/mol. The van der Waals surface area contributed by atoms with Crippen molar-refractivity contribution in [3.63, 3.8) is 0 Å². The lowest BCUT2D eigenvalue weighted by atomic mass is 9.89. The second-order valence-electron chi connectivity index (χ2n) is 6.90. The maximum Gasteiger partial charge on any atom is 0.0115 e. The summed E-state index contributed by atoms with van der Waals surface area (Å²) >= 11 is 0. The number of nitrogens with one attached hydrogen (secondary N) is 1. The first-order valence-corrected chi connectivity index (χ1v) is 7.49. The lowest BCUT2D eigenvalue weighted by Crippen LogP contribution is -2.44. The molecular formula is C15H34ClN3. The third kappa shape index (κ3) is 6.44. The molecule has 0 radical (unpaired) electrons. The van der Waals surface area contributed by atoms with Gasteiger partial charge in [0.15, 0.2) is 0 Å². The van der Waals surface area contributed by atoms with Gasteiger partial charge >= 0.3 is 0 Å². The number of nitrogens with zero attached hydrogens (tertiary/aromatic N) is 2. The zero-order valence-corrected chi connectivity index (χ0v) is 14.5. The smallest absolute Gasteiger partial charge is 0.0115 e. The van der Waals surface area contributed by atoms with Crippen LogP contribution in [0.2, 0.25) is 0 Å². The second kappa shape index (κ2) is 8.46. The van der Waals surface area contributed by atoms with Crippen LogP contribution in [0, 0.1) is 5.41 Å². The standard InChI is InChI=1S/C15H33N3.ClH/c1-13(2)18(14(3)4)10-9-17(6)12-15(5)7-8-16-11-15;/h13-14,16H,7-12H2,1-6H3;1H. The van der Waals surface area contributed by atoms with Crippen LogP contribution >= 0.6 is 12.4 Å². The molecule has 0 aromatic rings. The molecule has 116 valence electrons. The average Bonchev–Trinajstić information content (AvgIpc) is 2.63. The van der Waals surface area contributed by atoms with Gasteiger partial charge in [-0.1, -0.05) is 6.92 Å². The second-order valence-corrected chi connectivity index (χ2v) is 6.90. The summed E-state index contributed by atoms with van der Waals surface area (Å²) in [5, 5.41) is 3.48. The van der Waals surface area contributed by atoms with Crippen LogP contribution in [0.15, 0.2) is 0 Å². The van der Waals surface area contributed by atoms with Gasteiger partial charge in [-0.3, -0.25) is 4.90 Å². The molecule has 0 bridgehead atoms. The highest BCUT2D eigenvalue weighted by Gasteiger charge is 2.29. The zero-order chi connectivity index (χ0) is 13.8. The molecule has 0 amide bonds. The Morgan fingerprint density at radius 3 is 2.11 bits per heavy atom. The van der Waals surface area contributed by atoms with E-state index >= 15 is 0 Å². The molecule has 1 rings (SSSR count). The van der Waals surface area contributed by atoms with Gasteiger partial charge in [-0.15, -0.1) is 12.4 Å². The molecule has 3 nitrogen and oxygen atoms in total. The molecule has 1 unspecified atom stereocenters. The summed E-state index contributed by atoms with van der Waals surface area (Å²) in [4.78, 5) is 5.08. The minimum Gasteiger partial charge on any atom is -0.316 e. The van der Waals surface area contributed by atoms with E-state index in [2.05, 4.69) is 56.8 Å². The molecule has 1 fully saturated rings. The van der Waals surface area contributed by atoms with Gasteiger partial charge in [0.2, 0.25) is 0 Å². The number of rotatable bonds is 7. The van der Waals surface area contributed by atoms with Crippen LogP contribution in [-0.2, 0) is 0 Å². The van der Waals surface area contributed by atoms with E-state index in [1.54, 1.807) is 0 Å². The Labute approximate surface area is 126 Å². The van der Waals surface area contributed by atoms with E-state index in [4.69, 9.17) is 0 Å². The molecule has 0 aromatic carbocycles. The van der Waals surface area contributed by atoms with Crippen molar-refractivity contribution < 1.29 is 0 Å². The van der Waals surface area contributed by atoms with Crippen LogP contribution in [0.3, 0.4) is 0 Å². The third-order valence-electron chi connectivity index (χ3n) is 4.18. The minimum atomic E-state index is 0. The fourth-order valence-electron chi connectivity index (χ4n) is 3.13. The van der Waals surface area contributed by atoms with Crippen molar-refractivity contribution in [1.82, 2.24) is 15.1 Å². The van der Waals surface area contributed by atoms with Gasteiger partial charge < -0.3 is 10.2 Å². The number of likely N-dealkylation sites (N-methyl/N-ethyl adjacent to an activating group) is 1. The highest BCUT2D eigenvalue weighted by Crippen LogP contribution is 2.25. The van der Waals surface area contributed by atoms with E-state index < -0.39 is 0 Å². The van der Waals surface area contributed by atoms with Gasteiger partial charge in [-0.25, -0.2) is 0 Å². The van der Waals surface area contributed by atoms with Crippen molar-refractivity contribution >= 4 is 12.4 Å². The van der Waals surface area contributed by atoms with Gasteiger partial charge in [-0.05, 0) is 53.1 Å². The summed E-state index contributed by atoms with van der Waals surface area (Å²) in [6.07, 6.45) is 1.31. The van der Waals surface area contributed by atoms with E-state index in [1.807, 2.05) is 0 Å². The van der Waals surface area contributed by atoms with Gasteiger partial charge in [0.1, 0.15) is 0 Å². The van der Waals surface area contributed by atoms with E-state index in [-0.39, 0.29) is 12.4 Å². The first kappa shape index (κ1) is 19.2. The van der Waals surface area contributed by atoms with E-state index in [9.17, 15) is 0 Å². The normalized spacial score (nSPS) is 23.7. The van der Waals surface area contributed by atoms with Crippen LogP contribution in [0.1, 0.15) is 41.0 Å².